The van der Waals surface area contributed by atoms with Gasteiger partial charge in [-0.25, -0.2) is 0 Å². The van der Waals surface area contributed by atoms with E-state index in [1.54, 1.807) is 0 Å². The number of rotatable bonds is 2. The van der Waals surface area contributed by atoms with Gasteiger partial charge in [-0.05, 0) is 52.6 Å². The SMILES string of the molecule is [c]1ccc(-c2c[c]cc(-c3ccccc3)c2)cc1. The first-order valence-corrected chi connectivity index (χ1v) is 5.96. The van der Waals surface area contributed by atoms with Crippen LogP contribution in [0.15, 0.2) is 72.8 Å². The number of benzene rings is 3. The van der Waals surface area contributed by atoms with E-state index >= 15 is 0 Å². The summed E-state index contributed by atoms with van der Waals surface area (Å²) in [5, 5.41) is 0. The highest BCUT2D eigenvalue weighted by Gasteiger charge is 2.00. The van der Waals surface area contributed by atoms with Crippen LogP contribution in [0.4, 0.5) is 0 Å². The van der Waals surface area contributed by atoms with Gasteiger partial charge in [0.05, 0.1) is 0 Å². The van der Waals surface area contributed by atoms with Crippen LogP contribution in [0.25, 0.3) is 22.3 Å². The van der Waals surface area contributed by atoms with E-state index in [0.29, 0.717) is 0 Å². The van der Waals surface area contributed by atoms with Crippen molar-refractivity contribution in [2.24, 2.45) is 0 Å². The van der Waals surface area contributed by atoms with Crippen LogP contribution < -0.4 is 0 Å². The van der Waals surface area contributed by atoms with Crippen LogP contribution in [0.3, 0.4) is 0 Å². The molecule has 0 bridgehead atoms. The molecule has 0 saturated carbocycles. The zero-order chi connectivity index (χ0) is 12.2. The van der Waals surface area contributed by atoms with Gasteiger partial charge in [0.2, 0.25) is 0 Å². The summed E-state index contributed by atoms with van der Waals surface area (Å²) in [5.74, 6) is 0. The van der Waals surface area contributed by atoms with E-state index in [1.807, 2.05) is 30.3 Å². The normalized spacial score (nSPS) is 10.2. The fraction of sp³-hybridized carbons (Fsp3) is 0. The smallest absolute Gasteiger partial charge is 0.0171 e. The summed E-state index contributed by atoms with van der Waals surface area (Å²) in [6.07, 6.45) is 0. The van der Waals surface area contributed by atoms with E-state index < -0.39 is 0 Å². The lowest BCUT2D eigenvalue weighted by Crippen LogP contribution is -1.80. The predicted molar refractivity (Wildman–Crippen MR) is 75.0 cm³/mol. The average Bonchev–Trinajstić information content (AvgIpc) is 2.49. The van der Waals surface area contributed by atoms with E-state index in [9.17, 15) is 0 Å². The summed E-state index contributed by atoms with van der Waals surface area (Å²) < 4.78 is 0. The highest BCUT2D eigenvalue weighted by atomic mass is 14.0. The zero-order valence-electron chi connectivity index (χ0n) is 9.93. The van der Waals surface area contributed by atoms with E-state index in [-0.39, 0.29) is 0 Å². The van der Waals surface area contributed by atoms with Crippen LogP contribution in [0.5, 0.6) is 0 Å². The van der Waals surface area contributed by atoms with E-state index in [4.69, 9.17) is 0 Å². The van der Waals surface area contributed by atoms with Crippen molar-refractivity contribution in [1.29, 1.82) is 0 Å². The van der Waals surface area contributed by atoms with Crippen molar-refractivity contribution < 1.29 is 0 Å². The van der Waals surface area contributed by atoms with Crippen LogP contribution in [0.1, 0.15) is 0 Å². The highest BCUT2D eigenvalue weighted by Crippen LogP contribution is 2.25. The quantitative estimate of drug-likeness (QED) is 0.600. The molecule has 0 aliphatic rings. The minimum atomic E-state index is 1.19. The molecular weight excluding hydrogens is 216 g/mol. The van der Waals surface area contributed by atoms with Crippen molar-refractivity contribution in [2.45, 2.75) is 0 Å². The van der Waals surface area contributed by atoms with Crippen molar-refractivity contribution in [3.8, 4) is 22.3 Å². The molecule has 0 spiro atoms. The molecular formula is C18H12. The molecule has 0 aliphatic carbocycles. The Kier molecular flexibility index (Phi) is 2.93. The molecule has 0 heterocycles. The summed E-state index contributed by atoms with van der Waals surface area (Å²) in [6.45, 7) is 0. The van der Waals surface area contributed by atoms with Gasteiger partial charge in [-0.15, -0.1) is 0 Å². The van der Waals surface area contributed by atoms with Crippen molar-refractivity contribution >= 4 is 0 Å². The maximum absolute atomic E-state index is 3.22. The Bertz CT molecular complexity index is 570. The number of hydrogen-bond donors (Lipinski definition) is 0. The third-order valence-electron chi connectivity index (χ3n) is 2.95. The van der Waals surface area contributed by atoms with Gasteiger partial charge in [0, 0.05) is 0 Å². The second-order valence-electron chi connectivity index (χ2n) is 4.17. The molecule has 0 aliphatic heterocycles. The van der Waals surface area contributed by atoms with Crippen molar-refractivity contribution in [3.05, 3.63) is 84.9 Å². The molecule has 0 saturated heterocycles. The Morgan fingerprint density at radius 3 is 1.83 bits per heavy atom. The van der Waals surface area contributed by atoms with Crippen LogP contribution in [0, 0.1) is 12.1 Å². The molecule has 84 valence electrons. The molecule has 0 nitrogen and oxygen atoms in total. The third-order valence-corrected chi connectivity index (χ3v) is 2.95. The van der Waals surface area contributed by atoms with Crippen molar-refractivity contribution in [2.75, 3.05) is 0 Å². The van der Waals surface area contributed by atoms with Gasteiger partial charge in [0.1, 0.15) is 0 Å². The Morgan fingerprint density at radius 1 is 0.556 bits per heavy atom. The molecule has 0 N–H and O–H groups in total. The molecule has 0 amide bonds. The maximum Gasteiger partial charge on any atom is -0.0171 e. The van der Waals surface area contributed by atoms with E-state index in [2.05, 4.69) is 54.6 Å². The van der Waals surface area contributed by atoms with Crippen LogP contribution in [0.2, 0.25) is 0 Å². The predicted octanol–water partition coefficient (Wildman–Crippen LogP) is 4.62. The first-order valence-electron chi connectivity index (χ1n) is 5.96. The van der Waals surface area contributed by atoms with Gasteiger partial charge in [0.25, 0.3) is 0 Å². The molecule has 3 aromatic carbocycles. The van der Waals surface area contributed by atoms with Gasteiger partial charge < -0.3 is 0 Å². The van der Waals surface area contributed by atoms with E-state index in [1.165, 1.54) is 22.3 Å². The summed E-state index contributed by atoms with van der Waals surface area (Å²) in [5.41, 5.74) is 4.80. The average molecular weight is 228 g/mol. The van der Waals surface area contributed by atoms with Crippen LogP contribution >= 0.6 is 0 Å². The third kappa shape index (κ3) is 2.18. The lowest BCUT2D eigenvalue weighted by Gasteiger charge is -2.05. The molecule has 0 atom stereocenters. The molecule has 0 heteroatoms. The topological polar surface area (TPSA) is 0 Å². The number of hydrogen-bond acceptors (Lipinski definition) is 0. The first-order chi connectivity index (χ1) is 8.93. The molecule has 0 fully saturated rings. The minimum Gasteiger partial charge on any atom is -0.0622 e. The molecule has 2 radical (unpaired) electrons. The summed E-state index contributed by atoms with van der Waals surface area (Å²) in [4.78, 5) is 0. The molecule has 0 aromatic heterocycles. The lowest BCUT2D eigenvalue weighted by atomic mass is 9.99. The van der Waals surface area contributed by atoms with E-state index in [0.717, 1.165) is 0 Å². The van der Waals surface area contributed by atoms with Crippen molar-refractivity contribution in [1.82, 2.24) is 0 Å². The van der Waals surface area contributed by atoms with Crippen molar-refractivity contribution in [3.63, 3.8) is 0 Å². The lowest BCUT2D eigenvalue weighted by molar-refractivity contribution is 1.58. The Hall–Kier alpha value is -2.34. The molecule has 18 heavy (non-hydrogen) atoms. The second kappa shape index (κ2) is 4.89. The Labute approximate surface area is 108 Å². The summed E-state index contributed by atoms with van der Waals surface area (Å²) in [6, 6.07) is 30.9. The largest absolute Gasteiger partial charge is 0.0622 e. The molecule has 0 unspecified atom stereocenters. The van der Waals surface area contributed by atoms with Gasteiger partial charge in [-0.1, -0.05) is 54.6 Å². The minimum absolute atomic E-state index is 1.19. The zero-order valence-corrected chi connectivity index (χ0v) is 9.93. The highest BCUT2D eigenvalue weighted by molar-refractivity contribution is 5.72. The standard InChI is InChI=1S/C18H12/c1-3-8-15(9-4-1)17-12-7-13-18(14-17)16-10-5-2-6-11-16/h1,3-6,8-14H. The first kappa shape index (κ1) is 10.8. The molecule has 3 rings (SSSR count). The summed E-state index contributed by atoms with van der Waals surface area (Å²) in [7, 11) is 0. The fourth-order valence-electron chi connectivity index (χ4n) is 2.02. The Morgan fingerprint density at radius 2 is 1.17 bits per heavy atom. The Balaban J connectivity index is 2.05. The molecule has 3 aromatic rings. The summed E-state index contributed by atoms with van der Waals surface area (Å²) >= 11 is 0. The van der Waals surface area contributed by atoms with Gasteiger partial charge in [-0.2, -0.15) is 0 Å². The van der Waals surface area contributed by atoms with Gasteiger partial charge in [-0.3, -0.25) is 0 Å². The fourth-order valence-corrected chi connectivity index (χ4v) is 2.02. The monoisotopic (exact) mass is 228 g/mol. The van der Waals surface area contributed by atoms with Gasteiger partial charge in [0.15, 0.2) is 0 Å². The van der Waals surface area contributed by atoms with Crippen LogP contribution in [-0.2, 0) is 0 Å². The van der Waals surface area contributed by atoms with Gasteiger partial charge >= 0.3 is 0 Å². The maximum atomic E-state index is 3.22. The second-order valence-corrected chi connectivity index (χ2v) is 4.17. The van der Waals surface area contributed by atoms with Crippen LogP contribution in [-0.4, -0.2) is 0 Å².